The molecule has 0 unspecified atom stereocenters. The lowest BCUT2D eigenvalue weighted by atomic mass is 10.1. The summed E-state index contributed by atoms with van der Waals surface area (Å²) in [5.41, 5.74) is 1.59. The van der Waals surface area contributed by atoms with E-state index in [1.165, 1.54) is 12.1 Å². The van der Waals surface area contributed by atoms with Crippen LogP contribution in [0.2, 0.25) is 0 Å². The van der Waals surface area contributed by atoms with Crippen molar-refractivity contribution in [3.05, 3.63) is 90.5 Å². The third-order valence-electron chi connectivity index (χ3n) is 4.79. The van der Waals surface area contributed by atoms with Crippen LogP contribution in [0.1, 0.15) is 12.0 Å². The van der Waals surface area contributed by atoms with E-state index in [9.17, 15) is 13.2 Å². The standard InChI is InChI=1S/C24H26N2O4S/c1-30-22-16-14-20(15-17-22)9-8-18-25-24(27)19-26(21-10-4-2-5-11-21)31(28,29)23-12-6-3-7-13-23/h2-7,10-17H,8-9,18-19H2,1H3,(H,25,27). The van der Waals surface area contributed by atoms with Crippen LogP contribution in [0.15, 0.2) is 89.8 Å². The molecule has 1 N–H and O–H groups in total. The lowest BCUT2D eigenvalue weighted by molar-refractivity contribution is -0.119. The van der Waals surface area contributed by atoms with E-state index in [1.54, 1.807) is 55.6 Å². The van der Waals surface area contributed by atoms with Crippen LogP contribution in [0.3, 0.4) is 0 Å². The number of para-hydroxylation sites is 1. The van der Waals surface area contributed by atoms with E-state index in [-0.39, 0.29) is 17.3 Å². The van der Waals surface area contributed by atoms with Crippen LogP contribution in [0.5, 0.6) is 5.75 Å². The molecule has 0 bridgehead atoms. The quantitative estimate of drug-likeness (QED) is 0.491. The number of amides is 1. The number of nitrogens with zero attached hydrogens (tertiary/aromatic N) is 1. The van der Waals surface area contributed by atoms with Gasteiger partial charge in [0, 0.05) is 6.54 Å². The molecule has 0 fully saturated rings. The minimum Gasteiger partial charge on any atom is -0.497 e. The van der Waals surface area contributed by atoms with Crippen LogP contribution in [0.4, 0.5) is 5.69 Å². The number of hydrogen-bond donors (Lipinski definition) is 1. The summed E-state index contributed by atoms with van der Waals surface area (Å²) in [5.74, 6) is 0.454. The molecule has 0 aromatic heterocycles. The van der Waals surface area contributed by atoms with E-state index in [2.05, 4.69) is 5.32 Å². The third-order valence-corrected chi connectivity index (χ3v) is 6.57. The molecule has 0 radical (unpaired) electrons. The summed E-state index contributed by atoms with van der Waals surface area (Å²) < 4.78 is 32.6. The summed E-state index contributed by atoms with van der Waals surface area (Å²) in [6.07, 6.45) is 1.55. The van der Waals surface area contributed by atoms with Crippen molar-refractivity contribution in [3.8, 4) is 5.75 Å². The smallest absolute Gasteiger partial charge is 0.264 e. The Morgan fingerprint density at radius 2 is 1.52 bits per heavy atom. The molecular formula is C24H26N2O4S. The van der Waals surface area contributed by atoms with Crippen LogP contribution >= 0.6 is 0 Å². The number of methoxy groups -OCH3 is 1. The van der Waals surface area contributed by atoms with Gasteiger partial charge in [0.1, 0.15) is 12.3 Å². The Kier molecular flexibility index (Phi) is 7.67. The summed E-state index contributed by atoms with van der Waals surface area (Å²) in [6.45, 7) is 0.169. The second kappa shape index (κ2) is 10.6. The second-order valence-electron chi connectivity index (χ2n) is 6.96. The van der Waals surface area contributed by atoms with Gasteiger partial charge < -0.3 is 10.1 Å². The highest BCUT2D eigenvalue weighted by molar-refractivity contribution is 7.92. The van der Waals surface area contributed by atoms with Gasteiger partial charge in [-0.3, -0.25) is 9.10 Å². The van der Waals surface area contributed by atoms with Gasteiger partial charge in [-0.2, -0.15) is 0 Å². The maximum Gasteiger partial charge on any atom is 0.264 e. The highest BCUT2D eigenvalue weighted by Gasteiger charge is 2.26. The number of carbonyl (C=O) groups excluding carboxylic acids is 1. The first-order valence-electron chi connectivity index (χ1n) is 10.0. The largest absolute Gasteiger partial charge is 0.497 e. The van der Waals surface area contributed by atoms with E-state index in [0.717, 1.165) is 28.5 Å². The van der Waals surface area contributed by atoms with Crippen molar-refractivity contribution in [1.82, 2.24) is 5.32 Å². The SMILES string of the molecule is COc1ccc(CCCNC(=O)CN(c2ccccc2)S(=O)(=O)c2ccccc2)cc1. The van der Waals surface area contributed by atoms with Crippen LogP contribution in [-0.4, -0.2) is 34.5 Å². The topological polar surface area (TPSA) is 75.7 Å². The fraction of sp³-hybridized carbons (Fsp3) is 0.208. The maximum absolute atomic E-state index is 13.2. The number of sulfonamides is 1. The number of aryl methyl sites for hydroxylation is 1. The third kappa shape index (κ3) is 6.08. The first kappa shape index (κ1) is 22.4. The molecule has 31 heavy (non-hydrogen) atoms. The molecule has 7 heteroatoms. The van der Waals surface area contributed by atoms with Crippen LogP contribution in [0, 0.1) is 0 Å². The molecule has 3 aromatic rings. The van der Waals surface area contributed by atoms with Gasteiger partial charge in [-0.15, -0.1) is 0 Å². The number of ether oxygens (including phenoxy) is 1. The monoisotopic (exact) mass is 438 g/mol. The Labute approximate surface area is 183 Å². The Balaban J connectivity index is 1.62. The Morgan fingerprint density at radius 1 is 0.903 bits per heavy atom. The maximum atomic E-state index is 13.2. The second-order valence-corrected chi connectivity index (χ2v) is 8.82. The van der Waals surface area contributed by atoms with Gasteiger partial charge >= 0.3 is 0 Å². The van der Waals surface area contributed by atoms with Gasteiger partial charge in [0.2, 0.25) is 5.91 Å². The van der Waals surface area contributed by atoms with Crippen molar-refractivity contribution in [2.24, 2.45) is 0 Å². The number of carbonyl (C=O) groups is 1. The highest BCUT2D eigenvalue weighted by atomic mass is 32.2. The molecule has 0 heterocycles. The summed E-state index contributed by atoms with van der Waals surface area (Å²) in [7, 11) is -2.24. The predicted octanol–water partition coefficient (Wildman–Crippen LogP) is 3.64. The van der Waals surface area contributed by atoms with E-state index in [0.29, 0.717) is 12.2 Å². The molecule has 1 amide bonds. The van der Waals surface area contributed by atoms with Gasteiger partial charge in [-0.25, -0.2) is 8.42 Å². The van der Waals surface area contributed by atoms with E-state index < -0.39 is 10.0 Å². The van der Waals surface area contributed by atoms with Crippen molar-refractivity contribution in [2.45, 2.75) is 17.7 Å². The zero-order valence-electron chi connectivity index (χ0n) is 17.4. The predicted molar refractivity (Wildman–Crippen MR) is 122 cm³/mol. The molecule has 3 rings (SSSR count). The Bertz CT molecular complexity index is 1070. The average Bonchev–Trinajstić information content (AvgIpc) is 2.81. The van der Waals surface area contributed by atoms with Crippen molar-refractivity contribution in [1.29, 1.82) is 0 Å². The summed E-state index contributed by atoms with van der Waals surface area (Å²) in [4.78, 5) is 12.7. The van der Waals surface area contributed by atoms with E-state index in [4.69, 9.17) is 4.74 Å². The molecule has 0 aliphatic rings. The first-order valence-corrected chi connectivity index (χ1v) is 11.5. The lowest BCUT2D eigenvalue weighted by Gasteiger charge is -2.24. The van der Waals surface area contributed by atoms with Crippen LogP contribution in [-0.2, 0) is 21.2 Å². The molecule has 0 saturated heterocycles. The molecule has 0 spiro atoms. The van der Waals surface area contributed by atoms with Gasteiger partial charge in [0.15, 0.2) is 0 Å². The van der Waals surface area contributed by atoms with Crippen molar-refractivity contribution < 1.29 is 17.9 Å². The fourth-order valence-corrected chi connectivity index (χ4v) is 4.57. The number of hydrogen-bond acceptors (Lipinski definition) is 4. The molecule has 0 aliphatic carbocycles. The van der Waals surface area contributed by atoms with Gasteiger partial charge in [0.25, 0.3) is 10.0 Å². The van der Waals surface area contributed by atoms with E-state index >= 15 is 0 Å². The number of rotatable bonds is 10. The average molecular weight is 439 g/mol. The minimum absolute atomic E-state index is 0.145. The van der Waals surface area contributed by atoms with Crippen molar-refractivity contribution in [2.75, 3.05) is 24.5 Å². The number of nitrogens with one attached hydrogen (secondary N) is 1. The summed E-state index contributed by atoms with van der Waals surface area (Å²) in [6, 6.07) is 24.6. The zero-order valence-corrected chi connectivity index (χ0v) is 18.2. The normalized spacial score (nSPS) is 11.0. The van der Waals surface area contributed by atoms with Crippen LogP contribution < -0.4 is 14.4 Å². The van der Waals surface area contributed by atoms with Gasteiger partial charge in [-0.05, 0) is 54.8 Å². The molecule has 6 nitrogen and oxygen atoms in total. The molecule has 0 saturated carbocycles. The van der Waals surface area contributed by atoms with Gasteiger partial charge in [0.05, 0.1) is 17.7 Å². The summed E-state index contributed by atoms with van der Waals surface area (Å²) in [5, 5.41) is 2.83. The molecule has 0 aliphatic heterocycles. The molecule has 3 aromatic carbocycles. The Morgan fingerprint density at radius 3 is 2.13 bits per heavy atom. The van der Waals surface area contributed by atoms with Crippen molar-refractivity contribution in [3.63, 3.8) is 0 Å². The lowest BCUT2D eigenvalue weighted by Crippen LogP contribution is -2.41. The number of benzene rings is 3. The van der Waals surface area contributed by atoms with Gasteiger partial charge in [-0.1, -0.05) is 48.5 Å². The minimum atomic E-state index is -3.87. The zero-order chi connectivity index (χ0) is 22.1. The number of anilines is 1. The Hall–Kier alpha value is -3.32. The molecular weight excluding hydrogens is 412 g/mol. The van der Waals surface area contributed by atoms with E-state index in [1.807, 2.05) is 24.3 Å². The van der Waals surface area contributed by atoms with Crippen molar-refractivity contribution >= 4 is 21.6 Å². The highest BCUT2D eigenvalue weighted by Crippen LogP contribution is 2.23. The fourth-order valence-electron chi connectivity index (χ4n) is 3.13. The van der Waals surface area contributed by atoms with Crippen LogP contribution in [0.25, 0.3) is 0 Å². The first-order chi connectivity index (χ1) is 15.0. The summed E-state index contributed by atoms with van der Waals surface area (Å²) >= 11 is 0. The molecule has 162 valence electrons. The molecule has 0 atom stereocenters.